The lowest BCUT2D eigenvalue weighted by Crippen LogP contribution is -2.48. The largest absolute Gasteiger partial charge is 0.497 e. The number of hydrogen-bond donors (Lipinski definition) is 1. The highest BCUT2D eigenvalue weighted by atomic mass is 19.1. The van der Waals surface area contributed by atoms with E-state index in [0.717, 1.165) is 12.6 Å². The van der Waals surface area contributed by atoms with Crippen LogP contribution in [0.2, 0.25) is 0 Å². The van der Waals surface area contributed by atoms with Crippen molar-refractivity contribution in [3.63, 3.8) is 0 Å². The molecule has 25 heavy (non-hydrogen) atoms. The van der Waals surface area contributed by atoms with Gasteiger partial charge in [0.15, 0.2) is 5.82 Å². The second-order valence-corrected chi connectivity index (χ2v) is 6.39. The van der Waals surface area contributed by atoms with Gasteiger partial charge in [0.2, 0.25) is 0 Å². The first-order valence-corrected chi connectivity index (χ1v) is 8.22. The molecule has 1 aromatic heterocycles. The van der Waals surface area contributed by atoms with E-state index in [-0.39, 0.29) is 5.56 Å². The third kappa shape index (κ3) is 3.22. The molecular formula is C19H21FN2O3. The minimum Gasteiger partial charge on any atom is -0.497 e. The normalized spacial score (nSPS) is 19.5. The van der Waals surface area contributed by atoms with Crippen molar-refractivity contribution < 1.29 is 19.0 Å². The van der Waals surface area contributed by atoms with E-state index in [1.807, 2.05) is 0 Å². The molecule has 1 aromatic carbocycles. The van der Waals surface area contributed by atoms with Crippen LogP contribution >= 0.6 is 0 Å². The summed E-state index contributed by atoms with van der Waals surface area (Å²) in [5.41, 5.74) is -0.581. The number of pyridine rings is 1. The maximum atomic E-state index is 13.9. The Bertz CT molecular complexity index is 762. The molecule has 0 aliphatic carbocycles. The molecule has 1 saturated heterocycles. The summed E-state index contributed by atoms with van der Waals surface area (Å²) in [6.45, 7) is 2.17. The highest BCUT2D eigenvalue weighted by Crippen LogP contribution is 2.36. The predicted molar refractivity (Wildman–Crippen MR) is 90.8 cm³/mol. The van der Waals surface area contributed by atoms with Crippen molar-refractivity contribution >= 4 is 5.91 Å². The van der Waals surface area contributed by atoms with E-state index in [0.29, 0.717) is 24.3 Å². The summed E-state index contributed by atoms with van der Waals surface area (Å²) in [5, 5.41) is 11.1. The van der Waals surface area contributed by atoms with Crippen LogP contribution in [0, 0.1) is 5.82 Å². The summed E-state index contributed by atoms with van der Waals surface area (Å²) in [6.07, 6.45) is 3.83. The summed E-state index contributed by atoms with van der Waals surface area (Å²) in [4.78, 5) is 18.0. The average Bonchev–Trinajstić information content (AvgIpc) is 3.12. The molecule has 0 spiro atoms. The summed E-state index contributed by atoms with van der Waals surface area (Å²) in [6, 6.07) is 8.05. The Balaban J connectivity index is 1.89. The van der Waals surface area contributed by atoms with Crippen LogP contribution in [0.4, 0.5) is 4.39 Å². The number of benzene rings is 1. The maximum Gasteiger partial charge on any atom is 0.257 e. The van der Waals surface area contributed by atoms with Gasteiger partial charge in [-0.05, 0) is 43.5 Å². The molecule has 1 aliphatic rings. The Morgan fingerprint density at radius 2 is 2.08 bits per heavy atom. The van der Waals surface area contributed by atoms with Crippen molar-refractivity contribution in [3.05, 3.63) is 59.7 Å². The Kier molecular flexibility index (Phi) is 4.72. The number of aliphatic hydroxyl groups is 1. The molecule has 2 unspecified atom stereocenters. The van der Waals surface area contributed by atoms with Gasteiger partial charge in [0, 0.05) is 12.7 Å². The first kappa shape index (κ1) is 17.4. The summed E-state index contributed by atoms with van der Waals surface area (Å²) >= 11 is 0. The third-order valence-corrected chi connectivity index (χ3v) is 4.84. The van der Waals surface area contributed by atoms with E-state index in [1.54, 1.807) is 43.2 Å². The smallest absolute Gasteiger partial charge is 0.257 e. The Morgan fingerprint density at radius 1 is 1.36 bits per heavy atom. The van der Waals surface area contributed by atoms with Gasteiger partial charge in [-0.1, -0.05) is 12.1 Å². The molecule has 6 heteroatoms. The number of carbonyl (C=O) groups is 1. The first-order chi connectivity index (χ1) is 11.9. The quantitative estimate of drug-likeness (QED) is 0.926. The second kappa shape index (κ2) is 6.80. The fraction of sp³-hybridized carbons (Fsp3) is 0.368. The maximum absolute atomic E-state index is 13.9. The van der Waals surface area contributed by atoms with Crippen LogP contribution in [-0.2, 0) is 5.60 Å². The van der Waals surface area contributed by atoms with Gasteiger partial charge >= 0.3 is 0 Å². The first-order valence-electron chi connectivity index (χ1n) is 8.22. The Hall–Kier alpha value is -2.47. The van der Waals surface area contributed by atoms with Crippen molar-refractivity contribution in [3.8, 4) is 5.75 Å². The van der Waals surface area contributed by atoms with Gasteiger partial charge in [-0.15, -0.1) is 0 Å². The number of halogens is 1. The van der Waals surface area contributed by atoms with Crippen LogP contribution in [-0.4, -0.2) is 40.6 Å². The lowest BCUT2D eigenvalue weighted by atomic mass is 9.86. The molecule has 0 saturated carbocycles. The van der Waals surface area contributed by atoms with Gasteiger partial charge < -0.3 is 14.7 Å². The van der Waals surface area contributed by atoms with E-state index in [1.165, 1.54) is 12.3 Å². The molecule has 2 aromatic rings. The number of ether oxygens (including phenoxy) is 1. The molecule has 0 bridgehead atoms. The Labute approximate surface area is 146 Å². The highest BCUT2D eigenvalue weighted by molar-refractivity contribution is 5.94. The minimum atomic E-state index is -1.25. The molecule has 5 nitrogen and oxygen atoms in total. The van der Waals surface area contributed by atoms with Gasteiger partial charge in [-0.3, -0.25) is 9.78 Å². The standard InChI is InChI=1S/C19H21FN2O3/c1-19(24,13-5-7-14(25-2)8-6-13)17-4-3-11-22(17)18(23)15-9-10-21-12-16(15)20/h5-10,12,17,24H,3-4,11H2,1-2H3. The van der Waals surface area contributed by atoms with Crippen molar-refractivity contribution in [2.45, 2.75) is 31.4 Å². The number of rotatable bonds is 4. The predicted octanol–water partition coefficient (Wildman–Crippen LogP) is 2.74. The molecule has 2 atom stereocenters. The minimum absolute atomic E-state index is 0.0209. The zero-order chi connectivity index (χ0) is 18.0. The molecule has 3 rings (SSSR count). The molecule has 0 radical (unpaired) electrons. The number of amides is 1. The van der Waals surface area contributed by atoms with E-state index < -0.39 is 23.4 Å². The van der Waals surface area contributed by atoms with E-state index in [9.17, 15) is 14.3 Å². The number of aromatic nitrogens is 1. The van der Waals surface area contributed by atoms with Crippen molar-refractivity contribution in [2.24, 2.45) is 0 Å². The average molecular weight is 344 g/mol. The van der Waals surface area contributed by atoms with Gasteiger partial charge in [-0.25, -0.2) is 4.39 Å². The third-order valence-electron chi connectivity index (χ3n) is 4.84. The van der Waals surface area contributed by atoms with E-state index in [4.69, 9.17) is 4.74 Å². The molecule has 1 amide bonds. The fourth-order valence-corrected chi connectivity index (χ4v) is 3.42. The molecule has 132 valence electrons. The van der Waals surface area contributed by atoms with Crippen molar-refractivity contribution in [1.82, 2.24) is 9.88 Å². The van der Waals surface area contributed by atoms with Crippen LogP contribution in [0.15, 0.2) is 42.7 Å². The number of likely N-dealkylation sites (tertiary alicyclic amines) is 1. The van der Waals surface area contributed by atoms with E-state index >= 15 is 0 Å². The van der Waals surface area contributed by atoms with E-state index in [2.05, 4.69) is 4.98 Å². The zero-order valence-corrected chi connectivity index (χ0v) is 14.3. The highest BCUT2D eigenvalue weighted by Gasteiger charge is 2.43. The second-order valence-electron chi connectivity index (χ2n) is 6.39. The molecule has 1 aliphatic heterocycles. The number of hydrogen-bond acceptors (Lipinski definition) is 4. The summed E-state index contributed by atoms with van der Waals surface area (Å²) in [7, 11) is 1.58. The van der Waals surface area contributed by atoms with Gasteiger partial charge in [0.1, 0.15) is 11.4 Å². The monoisotopic (exact) mass is 344 g/mol. The van der Waals surface area contributed by atoms with Crippen LogP contribution in [0.1, 0.15) is 35.7 Å². The van der Waals surface area contributed by atoms with Crippen molar-refractivity contribution in [2.75, 3.05) is 13.7 Å². The summed E-state index contributed by atoms with van der Waals surface area (Å²) < 4.78 is 19.1. The van der Waals surface area contributed by atoms with Crippen LogP contribution in [0.25, 0.3) is 0 Å². The number of carbonyl (C=O) groups excluding carboxylic acids is 1. The van der Waals surface area contributed by atoms with Crippen LogP contribution in [0.3, 0.4) is 0 Å². The number of methoxy groups -OCH3 is 1. The van der Waals surface area contributed by atoms with Gasteiger partial charge in [0.05, 0.1) is 24.9 Å². The van der Waals surface area contributed by atoms with Crippen LogP contribution < -0.4 is 4.74 Å². The summed E-state index contributed by atoms with van der Waals surface area (Å²) in [5.74, 6) is -0.379. The van der Waals surface area contributed by atoms with Crippen LogP contribution in [0.5, 0.6) is 5.75 Å². The molecule has 1 N–H and O–H groups in total. The topological polar surface area (TPSA) is 62.7 Å². The van der Waals surface area contributed by atoms with Gasteiger partial charge in [-0.2, -0.15) is 0 Å². The van der Waals surface area contributed by atoms with Crippen molar-refractivity contribution in [1.29, 1.82) is 0 Å². The lowest BCUT2D eigenvalue weighted by Gasteiger charge is -2.37. The molecule has 1 fully saturated rings. The lowest BCUT2D eigenvalue weighted by molar-refractivity contribution is -0.0178. The number of nitrogens with zero attached hydrogens (tertiary/aromatic N) is 2. The SMILES string of the molecule is COc1ccc(C(C)(O)C2CCCN2C(=O)c2ccncc2F)cc1. The zero-order valence-electron chi connectivity index (χ0n) is 14.3. The Morgan fingerprint density at radius 3 is 2.72 bits per heavy atom. The molecular weight excluding hydrogens is 323 g/mol. The molecule has 2 heterocycles. The van der Waals surface area contributed by atoms with Gasteiger partial charge in [0.25, 0.3) is 5.91 Å². The fourth-order valence-electron chi connectivity index (χ4n) is 3.42.